The normalized spacial score (nSPS) is 10.2. The second kappa shape index (κ2) is 4.78. The molecule has 90 valence electrons. The first-order valence-electron chi connectivity index (χ1n) is 5.17. The Bertz CT molecular complexity index is 508. The van der Waals surface area contributed by atoms with Crippen molar-refractivity contribution >= 4 is 5.88 Å². The molecule has 1 aromatic carbocycles. The van der Waals surface area contributed by atoms with Crippen LogP contribution in [0.15, 0.2) is 28.8 Å². The third-order valence-electron chi connectivity index (χ3n) is 2.27. The van der Waals surface area contributed by atoms with E-state index in [0.29, 0.717) is 23.8 Å². The zero-order valence-electron chi connectivity index (χ0n) is 9.77. The SMILES string of the molecule is COc1cc(C)ccc1OCc1cc(N)on1. The van der Waals surface area contributed by atoms with E-state index in [1.165, 1.54) is 0 Å². The Labute approximate surface area is 99.1 Å². The van der Waals surface area contributed by atoms with Crippen molar-refractivity contribution in [3.63, 3.8) is 0 Å². The largest absolute Gasteiger partial charge is 0.493 e. The number of ether oxygens (including phenoxy) is 2. The lowest BCUT2D eigenvalue weighted by atomic mass is 10.2. The maximum atomic E-state index is 5.58. The summed E-state index contributed by atoms with van der Waals surface area (Å²) in [6.07, 6.45) is 0. The summed E-state index contributed by atoms with van der Waals surface area (Å²) in [6, 6.07) is 7.35. The smallest absolute Gasteiger partial charge is 0.222 e. The van der Waals surface area contributed by atoms with Crippen LogP contribution in [-0.2, 0) is 6.61 Å². The molecule has 0 spiro atoms. The number of methoxy groups -OCH3 is 1. The Morgan fingerprint density at radius 3 is 2.76 bits per heavy atom. The molecule has 1 aromatic heterocycles. The Morgan fingerprint density at radius 2 is 2.12 bits per heavy atom. The van der Waals surface area contributed by atoms with E-state index in [9.17, 15) is 0 Å². The van der Waals surface area contributed by atoms with Crippen LogP contribution in [0.5, 0.6) is 11.5 Å². The third kappa shape index (κ3) is 2.69. The van der Waals surface area contributed by atoms with Crippen molar-refractivity contribution in [2.45, 2.75) is 13.5 Å². The van der Waals surface area contributed by atoms with Crippen molar-refractivity contribution < 1.29 is 14.0 Å². The molecule has 2 aromatic rings. The molecule has 5 nitrogen and oxygen atoms in total. The van der Waals surface area contributed by atoms with Gasteiger partial charge in [0.05, 0.1) is 7.11 Å². The molecular weight excluding hydrogens is 220 g/mol. The Kier molecular flexibility index (Phi) is 3.18. The van der Waals surface area contributed by atoms with Crippen molar-refractivity contribution in [2.24, 2.45) is 0 Å². The molecule has 5 heteroatoms. The second-order valence-corrected chi connectivity index (χ2v) is 3.66. The molecule has 1 heterocycles. The second-order valence-electron chi connectivity index (χ2n) is 3.66. The Hall–Kier alpha value is -2.17. The molecule has 0 unspecified atom stereocenters. The summed E-state index contributed by atoms with van der Waals surface area (Å²) in [5, 5.41) is 3.74. The monoisotopic (exact) mass is 234 g/mol. The fraction of sp³-hybridized carbons (Fsp3) is 0.250. The van der Waals surface area contributed by atoms with Gasteiger partial charge in [0.1, 0.15) is 12.3 Å². The molecule has 2 N–H and O–H groups in total. The predicted molar refractivity (Wildman–Crippen MR) is 63.0 cm³/mol. The van der Waals surface area contributed by atoms with E-state index in [0.717, 1.165) is 5.56 Å². The van der Waals surface area contributed by atoms with E-state index >= 15 is 0 Å². The van der Waals surface area contributed by atoms with Crippen LogP contribution in [-0.4, -0.2) is 12.3 Å². The molecule has 2 rings (SSSR count). The van der Waals surface area contributed by atoms with Gasteiger partial charge in [0.25, 0.3) is 0 Å². The molecule has 0 fully saturated rings. The van der Waals surface area contributed by atoms with Crippen LogP contribution in [0.2, 0.25) is 0 Å². The molecule has 0 saturated carbocycles. The average molecular weight is 234 g/mol. The maximum Gasteiger partial charge on any atom is 0.222 e. The lowest BCUT2D eigenvalue weighted by Crippen LogP contribution is -1.98. The fourth-order valence-electron chi connectivity index (χ4n) is 1.44. The molecule has 0 aliphatic carbocycles. The lowest BCUT2D eigenvalue weighted by molar-refractivity contribution is 0.273. The van der Waals surface area contributed by atoms with E-state index in [-0.39, 0.29) is 5.88 Å². The summed E-state index contributed by atoms with van der Waals surface area (Å²) in [6.45, 7) is 2.28. The highest BCUT2D eigenvalue weighted by atomic mass is 16.5. The van der Waals surface area contributed by atoms with Gasteiger partial charge in [0, 0.05) is 6.07 Å². The van der Waals surface area contributed by atoms with Gasteiger partial charge < -0.3 is 19.7 Å². The van der Waals surface area contributed by atoms with E-state index < -0.39 is 0 Å². The van der Waals surface area contributed by atoms with Gasteiger partial charge in [0.15, 0.2) is 11.5 Å². The van der Waals surface area contributed by atoms with Crippen molar-refractivity contribution in [3.05, 3.63) is 35.5 Å². The molecule has 17 heavy (non-hydrogen) atoms. The average Bonchev–Trinajstić information content (AvgIpc) is 2.73. The third-order valence-corrected chi connectivity index (χ3v) is 2.27. The first-order valence-corrected chi connectivity index (χ1v) is 5.17. The lowest BCUT2D eigenvalue weighted by Gasteiger charge is -2.09. The number of rotatable bonds is 4. The number of aromatic nitrogens is 1. The summed E-state index contributed by atoms with van der Waals surface area (Å²) >= 11 is 0. The molecule has 0 aliphatic heterocycles. The quantitative estimate of drug-likeness (QED) is 0.877. The van der Waals surface area contributed by atoms with Gasteiger partial charge in [-0.05, 0) is 24.6 Å². The Morgan fingerprint density at radius 1 is 1.29 bits per heavy atom. The van der Waals surface area contributed by atoms with Gasteiger partial charge in [-0.25, -0.2) is 0 Å². The van der Waals surface area contributed by atoms with Crippen LogP contribution in [0.25, 0.3) is 0 Å². The highest BCUT2D eigenvalue weighted by Crippen LogP contribution is 2.28. The fourth-order valence-corrected chi connectivity index (χ4v) is 1.44. The minimum Gasteiger partial charge on any atom is -0.493 e. The van der Waals surface area contributed by atoms with Crippen LogP contribution in [0.4, 0.5) is 5.88 Å². The van der Waals surface area contributed by atoms with Gasteiger partial charge in [0.2, 0.25) is 5.88 Å². The highest BCUT2D eigenvalue weighted by Gasteiger charge is 2.06. The number of hydrogen-bond donors (Lipinski definition) is 1. The zero-order chi connectivity index (χ0) is 12.3. The number of anilines is 1. The molecule has 0 amide bonds. The van der Waals surface area contributed by atoms with Gasteiger partial charge in [-0.3, -0.25) is 0 Å². The van der Waals surface area contributed by atoms with Crippen LogP contribution >= 0.6 is 0 Å². The number of aryl methyl sites for hydroxylation is 1. The van der Waals surface area contributed by atoms with Crippen LogP contribution in [0.1, 0.15) is 11.3 Å². The zero-order valence-corrected chi connectivity index (χ0v) is 9.77. The molecule has 0 bridgehead atoms. The van der Waals surface area contributed by atoms with Crippen molar-refractivity contribution in [1.29, 1.82) is 0 Å². The first kappa shape index (κ1) is 11.3. The van der Waals surface area contributed by atoms with Crippen LogP contribution < -0.4 is 15.2 Å². The van der Waals surface area contributed by atoms with Gasteiger partial charge in [-0.15, -0.1) is 0 Å². The maximum absolute atomic E-state index is 5.58. The van der Waals surface area contributed by atoms with Crippen molar-refractivity contribution in [2.75, 3.05) is 12.8 Å². The van der Waals surface area contributed by atoms with Crippen molar-refractivity contribution in [3.8, 4) is 11.5 Å². The van der Waals surface area contributed by atoms with Gasteiger partial charge in [-0.2, -0.15) is 0 Å². The molecule has 0 aliphatic rings. The summed E-state index contributed by atoms with van der Waals surface area (Å²) in [4.78, 5) is 0. The highest BCUT2D eigenvalue weighted by molar-refractivity contribution is 5.42. The minimum atomic E-state index is 0.277. The topological polar surface area (TPSA) is 70.5 Å². The van der Waals surface area contributed by atoms with Gasteiger partial charge in [-0.1, -0.05) is 11.2 Å². The number of benzene rings is 1. The van der Waals surface area contributed by atoms with E-state index in [2.05, 4.69) is 5.16 Å². The summed E-state index contributed by atoms with van der Waals surface area (Å²) in [7, 11) is 1.61. The number of nitrogens with two attached hydrogens (primary N) is 1. The van der Waals surface area contributed by atoms with Crippen molar-refractivity contribution in [1.82, 2.24) is 5.16 Å². The molecule has 0 radical (unpaired) electrons. The predicted octanol–water partition coefficient (Wildman–Crippen LogP) is 2.15. The van der Waals surface area contributed by atoms with E-state index in [1.807, 2.05) is 25.1 Å². The van der Waals surface area contributed by atoms with Gasteiger partial charge >= 0.3 is 0 Å². The Balaban J connectivity index is 2.08. The molecule has 0 saturated heterocycles. The molecular formula is C12H14N2O3. The first-order chi connectivity index (χ1) is 8.19. The van der Waals surface area contributed by atoms with E-state index in [4.69, 9.17) is 19.7 Å². The minimum absolute atomic E-state index is 0.277. The van der Waals surface area contributed by atoms with Crippen LogP contribution in [0, 0.1) is 6.92 Å². The summed E-state index contributed by atoms with van der Waals surface area (Å²) in [5.74, 6) is 1.64. The van der Waals surface area contributed by atoms with Crippen LogP contribution in [0.3, 0.4) is 0 Å². The summed E-state index contributed by atoms with van der Waals surface area (Å²) < 4.78 is 15.6. The number of nitrogen functional groups attached to an aromatic ring is 1. The standard InChI is InChI=1S/C12H14N2O3/c1-8-3-4-10(11(5-8)15-2)16-7-9-6-12(13)17-14-9/h3-6H,7,13H2,1-2H3. The van der Waals surface area contributed by atoms with E-state index in [1.54, 1.807) is 13.2 Å². The molecule has 0 atom stereocenters. The number of nitrogens with zero attached hydrogens (tertiary/aromatic N) is 1. The summed E-state index contributed by atoms with van der Waals surface area (Å²) in [5.41, 5.74) is 7.17. The number of hydrogen-bond acceptors (Lipinski definition) is 5.